The van der Waals surface area contributed by atoms with E-state index >= 15 is 0 Å². The van der Waals surface area contributed by atoms with Gasteiger partial charge in [-0.25, -0.2) is 18.4 Å². The van der Waals surface area contributed by atoms with Crippen molar-refractivity contribution in [3.05, 3.63) is 41.7 Å². The lowest BCUT2D eigenvalue weighted by molar-refractivity contribution is 0.463. The lowest BCUT2D eigenvalue weighted by Crippen LogP contribution is -2.22. The number of anilines is 1. The van der Waals surface area contributed by atoms with E-state index in [9.17, 15) is 13.0 Å². The van der Waals surface area contributed by atoms with Crippen LogP contribution in [0.15, 0.2) is 40.2 Å². The monoisotopic (exact) mass is 320 g/mol. The molecule has 3 N–H and O–H groups in total. The molecule has 0 aliphatic rings. The summed E-state index contributed by atoms with van der Waals surface area (Å²) in [5, 5.41) is 2.76. The van der Waals surface area contributed by atoms with E-state index in [1.54, 1.807) is 0 Å². The Hall–Kier alpha value is -2.52. The van der Waals surface area contributed by atoms with Gasteiger partial charge in [-0.05, 0) is 44.2 Å². The highest BCUT2D eigenvalue weighted by Gasteiger charge is 2.03. The van der Waals surface area contributed by atoms with Gasteiger partial charge in [0.25, 0.3) is 5.95 Å². The number of nitrogens with zero attached hydrogens (tertiary/aromatic N) is 3. The van der Waals surface area contributed by atoms with Crippen molar-refractivity contribution in [2.45, 2.75) is 18.7 Å². The summed E-state index contributed by atoms with van der Waals surface area (Å²) < 4.78 is 32.5. The molecule has 9 heteroatoms. The summed E-state index contributed by atoms with van der Waals surface area (Å²) in [5.41, 5.74) is 7.76. The largest absolute Gasteiger partial charge is 0.744 e. The van der Waals surface area contributed by atoms with Gasteiger partial charge in [0.1, 0.15) is 10.1 Å². The van der Waals surface area contributed by atoms with Crippen LogP contribution in [-0.4, -0.2) is 28.9 Å². The lowest BCUT2D eigenvalue weighted by atomic mass is 10.3. The number of aromatic nitrogens is 2. The number of benzene rings is 1. The zero-order chi connectivity index (χ0) is 16.3. The molecule has 0 atom stereocenters. The second kappa shape index (κ2) is 6.08. The third-order valence-electron chi connectivity index (χ3n) is 2.61. The Morgan fingerprint density at radius 3 is 2.23 bits per heavy atom. The summed E-state index contributed by atoms with van der Waals surface area (Å²) in [5.74, 6) is 0.268. The van der Waals surface area contributed by atoms with E-state index in [2.05, 4.69) is 20.3 Å². The highest BCUT2D eigenvalue weighted by molar-refractivity contribution is 7.85. The van der Waals surface area contributed by atoms with Gasteiger partial charge in [-0.2, -0.15) is 4.99 Å². The van der Waals surface area contributed by atoms with Crippen LogP contribution in [0.4, 0.5) is 11.6 Å². The fraction of sp³-hybridized carbons (Fsp3) is 0.154. The number of nitrogens with one attached hydrogen (secondary N) is 1. The number of nitrogens with two attached hydrogens (primary N) is 1. The summed E-state index contributed by atoms with van der Waals surface area (Å²) >= 11 is 0. The molecule has 0 saturated carbocycles. The molecule has 116 valence electrons. The number of guanidine groups is 1. The van der Waals surface area contributed by atoms with E-state index < -0.39 is 10.1 Å². The molecule has 0 spiro atoms. The quantitative estimate of drug-likeness (QED) is 0.490. The molecule has 2 rings (SSSR count). The average molecular weight is 320 g/mol. The highest BCUT2D eigenvalue weighted by Crippen LogP contribution is 2.14. The van der Waals surface area contributed by atoms with Crippen molar-refractivity contribution in [3.8, 4) is 0 Å². The standard InChI is InChI=1S/C13H15N5O3S/c1-8-7-9(2)16-13(15-8)18-12(14)17-10-3-5-11(6-4-10)22(19,20)21/h3-7H,1-2H3,(H,19,20,21)(H3,14,15,16,17,18)/p-1. The first-order valence-corrected chi connectivity index (χ1v) is 7.64. The second-order valence-electron chi connectivity index (χ2n) is 4.55. The summed E-state index contributed by atoms with van der Waals surface area (Å²) in [6, 6.07) is 7.01. The SMILES string of the molecule is Cc1cc(C)nc(N=C(N)Nc2ccc(S(=O)(=O)[O-])cc2)n1. The molecule has 1 heterocycles. The molecule has 0 fully saturated rings. The van der Waals surface area contributed by atoms with Crippen molar-refractivity contribution in [3.63, 3.8) is 0 Å². The van der Waals surface area contributed by atoms with Crippen molar-refractivity contribution in [1.29, 1.82) is 0 Å². The second-order valence-corrected chi connectivity index (χ2v) is 5.93. The molecule has 0 bridgehead atoms. The average Bonchev–Trinajstić information content (AvgIpc) is 2.36. The Morgan fingerprint density at radius 2 is 1.73 bits per heavy atom. The van der Waals surface area contributed by atoms with E-state index in [4.69, 9.17) is 5.73 Å². The van der Waals surface area contributed by atoms with Crippen LogP contribution < -0.4 is 11.1 Å². The lowest BCUT2D eigenvalue weighted by Gasteiger charge is -2.09. The maximum absolute atomic E-state index is 10.8. The molecule has 0 saturated heterocycles. The summed E-state index contributed by atoms with van der Waals surface area (Å²) in [6.07, 6.45) is 0. The van der Waals surface area contributed by atoms with Crippen molar-refractivity contribution in [2.24, 2.45) is 10.7 Å². The maximum atomic E-state index is 10.8. The van der Waals surface area contributed by atoms with Crippen molar-refractivity contribution < 1.29 is 13.0 Å². The predicted molar refractivity (Wildman–Crippen MR) is 80.8 cm³/mol. The third-order valence-corrected chi connectivity index (χ3v) is 3.46. The van der Waals surface area contributed by atoms with Crippen LogP contribution in [0.1, 0.15) is 11.4 Å². The third kappa shape index (κ3) is 4.24. The molecule has 0 aliphatic carbocycles. The van der Waals surface area contributed by atoms with Gasteiger partial charge in [0.2, 0.25) is 5.96 Å². The van der Waals surface area contributed by atoms with Crippen LogP contribution in [-0.2, 0) is 10.1 Å². The first-order valence-electron chi connectivity index (χ1n) is 6.23. The minimum atomic E-state index is -4.47. The van der Waals surface area contributed by atoms with Crippen molar-refractivity contribution in [1.82, 2.24) is 9.97 Å². The van der Waals surface area contributed by atoms with Crippen LogP contribution in [0.3, 0.4) is 0 Å². The smallest absolute Gasteiger partial charge is 0.253 e. The number of rotatable bonds is 3. The normalized spacial score (nSPS) is 12.2. The summed E-state index contributed by atoms with van der Waals surface area (Å²) in [4.78, 5) is 12.0. The minimum Gasteiger partial charge on any atom is -0.744 e. The Labute approximate surface area is 127 Å². The molecule has 1 aromatic carbocycles. The molecule has 0 aliphatic heterocycles. The molecule has 1 aromatic heterocycles. The fourth-order valence-corrected chi connectivity index (χ4v) is 2.22. The molecule has 2 aromatic rings. The van der Waals surface area contributed by atoms with E-state index in [1.807, 2.05) is 19.9 Å². The van der Waals surface area contributed by atoms with E-state index in [0.717, 1.165) is 11.4 Å². The molecule has 22 heavy (non-hydrogen) atoms. The van der Waals surface area contributed by atoms with E-state index in [0.29, 0.717) is 5.69 Å². The Balaban J connectivity index is 2.17. The van der Waals surface area contributed by atoms with Crippen LogP contribution in [0.2, 0.25) is 0 Å². The molecule has 0 radical (unpaired) electrons. The van der Waals surface area contributed by atoms with Gasteiger partial charge in [-0.15, -0.1) is 0 Å². The molecule has 8 nitrogen and oxygen atoms in total. The van der Waals surface area contributed by atoms with Gasteiger partial charge >= 0.3 is 0 Å². The van der Waals surface area contributed by atoms with Gasteiger partial charge in [-0.1, -0.05) is 0 Å². The molecular weight excluding hydrogens is 306 g/mol. The minimum absolute atomic E-state index is 0.0442. The maximum Gasteiger partial charge on any atom is 0.253 e. The van der Waals surface area contributed by atoms with Gasteiger partial charge in [0.15, 0.2) is 0 Å². The topological polar surface area (TPSA) is 133 Å². The Morgan fingerprint density at radius 1 is 1.18 bits per heavy atom. The van der Waals surface area contributed by atoms with Gasteiger partial charge < -0.3 is 15.6 Å². The predicted octanol–water partition coefficient (Wildman–Crippen LogP) is 1.06. The van der Waals surface area contributed by atoms with Crippen LogP contribution in [0.5, 0.6) is 0 Å². The first kappa shape index (κ1) is 15.9. The fourth-order valence-electron chi connectivity index (χ4n) is 1.75. The van der Waals surface area contributed by atoms with Crippen molar-refractivity contribution in [2.75, 3.05) is 5.32 Å². The van der Waals surface area contributed by atoms with Gasteiger partial charge in [-0.3, -0.25) is 0 Å². The van der Waals surface area contributed by atoms with Crippen LogP contribution in [0, 0.1) is 13.8 Å². The Kier molecular flexibility index (Phi) is 4.38. The zero-order valence-electron chi connectivity index (χ0n) is 11.9. The van der Waals surface area contributed by atoms with Crippen molar-refractivity contribution >= 4 is 27.7 Å². The van der Waals surface area contributed by atoms with Gasteiger partial charge in [0, 0.05) is 17.1 Å². The first-order chi connectivity index (χ1) is 10.2. The summed E-state index contributed by atoms with van der Waals surface area (Å²) in [7, 11) is -4.47. The highest BCUT2D eigenvalue weighted by atomic mass is 32.2. The van der Waals surface area contributed by atoms with Crippen LogP contribution >= 0.6 is 0 Å². The molecular formula is C13H14N5O3S-. The van der Waals surface area contributed by atoms with E-state index in [-0.39, 0.29) is 16.8 Å². The number of hydrogen-bond acceptors (Lipinski definition) is 6. The number of aryl methyl sites for hydroxylation is 2. The zero-order valence-corrected chi connectivity index (χ0v) is 12.8. The summed E-state index contributed by atoms with van der Waals surface area (Å²) in [6.45, 7) is 3.64. The molecule has 0 unspecified atom stereocenters. The molecule has 0 amide bonds. The van der Waals surface area contributed by atoms with E-state index in [1.165, 1.54) is 24.3 Å². The Bertz CT molecular complexity index is 796. The van der Waals surface area contributed by atoms with Crippen LogP contribution in [0.25, 0.3) is 0 Å². The number of aliphatic imine (C=N–C) groups is 1. The number of hydrogen-bond donors (Lipinski definition) is 2. The van der Waals surface area contributed by atoms with Gasteiger partial charge in [0.05, 0.1) is 4.90 Å².